The zero-order chi connectivity index (χ0) is 16.2. The molecule has 0 aliphatic carbocycles. The summed E-state index contributed by atoms with van der Waals surface area (Å²) in [6.45, 7) is 4.17. The molecule has 6 heteroatoms. The van der Waals surface area contributed by atoms with E-state index in [0.29, 0.717) is 5.56 Å². The maximum absolute atomic E-state index is 12.5. The summed E-state index contributed by atoms with van der Waals surface area (Å²) >= 11 is 0. The Hall–Kier alpha value is -2.34. The summed E-state index contributed by atoms with van der Waals surface area (Å²) in [6, 6.07) is 7.30. The van der Waals surface area contributed by atoms with Crippen LogP contribution >= 0.6 is 0 Å². The fourth-order valence-electron chi connectivity index (χ4n) is 2.84. The molecule has 0 radical (unpaired) electrons. The highest BCUT2D eigenvalue weighted by Gasteiger charge is 2.22. The minimum absolute atomic E-state index is 0.0914. The number of benzene rings is 1. The molecule has 1 aliphatic rings. The van der Waals surface area contributed by atoms with Crippen LogP contribution in [0.3, 0.4) is 0 Å². The number of hydrogen-bond acceptors (Lipinski definition) is 4. The third kappa shape index (κ3) is 3.71. The summed E-state index contributed by atoms with van der Waals surface area (Å²) in [4.78, 5) is 16.8. The van der Waals surface area contributed by atoms with Crippen LogP contribution in [-0.4, -0.2) is 58.8 Å². The van der Waals surface area contributed by atoms with Gasteiger partial charge in [0.25, 0.3) is 5.91 Å². The summed E-state index contributed by atoms with van der Waals surface area (Å²) in [7, 11) is 3.55. The van der Waals surface area contributed by atoms with E-state index in [2.05, 4.69) is 10.00 Å². The molecule has 0 saturated carbocycles. The van der Waals surface area contributed by atoms with E-state index in [9.17, 15) is 4.79 Å². The smallest absolute Gasteiger partial charge is 0.253 e. The van der Waals surface area contributed by atoms with Gasteiger partial charge in [-0.1, -0.05) is 0 Å². The standard InChI is InChI=1S/C17H22N4O2/c1-19-12-14(11-18-19)13-20-7-9-21(10-8-20)17(22)15-3-5-16(23-2)6-4-15/h3-6,11-12H,7-10,13H2,1-2H3. The normalized spacial score (nSPS) is 15.7. The van der Waals surface area contributed by atoms with E-state index in [1.165, 1.54) is 5.56 Å². The molecular weight excluding hydrogens is 292 g/mol. The van der Waals surface area contributed by atoms with Crippen LogP contribution in [0.1, 0.15) is 15.9 Å². The molecule has 3 rings (SSSR count). The molecule has 0 bridgehead atoms. The first-order chi connectivity index (χ1) is 11.2. The second kappa shape index (κ2) is 6.83. The van der Waals surface area contributed by atoms with Crippen molar-refractivity contribution in [1.29, 1.82) is 0 Å². The van der Waals surface area contributed by atoms with Crippen molar-refractivity contribution in [2.24, 2.45) is 7.05 Å². The number of hydrogen-bond donors (Lipinski definition) is 0. The van der Waals surface area contributed by atoms with Gasteiger partial charge in [-0.25, -0.2) is 0 Å². The summed E-state index contributed by atoms with van der Waals surface area (Å²) in [5.41, 5.74) is 1.92. The number of ether oxygens (including phenoxy) is 1. The van der Waals surface area contributed by atoms with Crippen molar-refractivity contribution < 1.29 is 9.53 Å². The Balaban J connectivity index is 1.54. The molecule has 122 valence electrons. The number of amides is 1. The van der Waals surface area contributed by atoms with Crippen LogP contribution in [0.5, 0.6) is 5.75 Å². The zero-order valence-electron chi connectivity index (χ0n) is 13.6. The molecule has 1 amide bonds. The third-order valence-electron chi connectivity index (χ3n) is 4.16. The Morgan fingerprint density at radius 3 is 2.43 bits per heavy atom. The Kier molecular flexibility index (Phi) is 4.62. The number of nitrogens with zero attached hydrogens (tertiary/aromatic N) is 4. The summed E-state index contributed by atoms with van der Waals surface area (Å²) in [6.07, 6.45) is 3.93. The molecule has 1 aromatic heterocycles. The van der Waals surface area contributed by atoms with E-state index in [4.69, 9.17) is 4.74 Å². The van der Waals surface area contributed by atoms with Crippen LogP contribution in [0, 0.1) is 0 Å². The topological polar surface area (TPSA) is 50.6 Å². The lowest BCUT2D eigenvalue weighted by Crippen LogP contribution is -2.48. The molecule has 0 N–H and O–H groups in total. The van der Waals surface area contributed by atoms with E-state index < -0.39 is 0 Å². The van der Waals surface area contributed by atoms with Crippen LogP contribution in [0.15, 0.2) is 36.7 Å². The fourth-order valence-corrected chi connectivity index (χ4v) is 2.84. The minimum Gasteiger partial charge on any atom is -0.497 e. The molecule has 1 aromatic carbocycles. The van der Waals surface area contributed by atoms with Gasteiger partial charge in [-0.2, -0.15) is 5.10 Å². The van der Waals surface area contributed by atoms with Gasteiger partial charge in [-0.3, -0.25) is 14.4 Å². The molecule has 0 unspecified atom stereocenters. The molecule has 23 heavy (non-hydrogen) atoms. The second-order valence-corrected chi connectivity index (χ2v) is 5.82. The van der Waals surface area contributed by atoms with Crippen LogP contribution < -0.4 is 4.74 Å². The van der Waals surface area contributed by atoms with Gasteiger partial charge in [0.05, 0.1) is 13.3 Å². The van der Waals surface area contributed by atoms with E-state index in [-0.39, 0.29) is 5.91 Å². The molecular formula is C17H22N4O2. The van der Waals surface area contributed by atoms with E-state index in [1.54, 1.807) is 7.11 Å². The zero-order valence-corrected chi connectivity index (χ0v) is 13.6. The molecule has 2 heterocycles. The van der Waals surface area contributed by atoms with Gasteiger partial charge in [0, 0.05) is 57.1 Å². The molecule has 0 atom stereocenters. The maximum Gasteiger partial charge on any atom is 0.253 e. The van der Waals surface area contributed by atoms with Gasteiger partial charge in [0.2, 0.25) is 0 Å². The Labute approximate surface area is 136 Å². The maximum atomic E-state index is 12.5. The van der Waals surface area contributed by atoms with Crippen molar-refractivity contribution >= 4 is 5.91 Å². The Morgan fingerprint density at radius 2 is 1.87 bits per heavy atom. The molecule has 0 spiro atoms. The van der Waals surface area contributed by atoms with Crippen molar-refractivity contribution in [2.75, 3.05) is 33.3 Å². The molecule has 1 saturated heterocycles. The van der Waals surface area contributed by atoms with Gasteiger partial charge in [-0.05, 0) is 24.3 Å². The SMILES string of the molecule is COc1ccc(C(=O)N2CCN(Cc3cnn(C)c3)CC2)cc1. The number of rotatable bonds is 4. The number of aryl methyl sites for hydroxylation is 1. The highest BCUT2D eigenvalue weighted by molar-refractivity contribution is 5.94. The number of carbonyl (C=O) groups excluding carboxylic acids is 1. The number of carbonyl (C=O) groups is 1. The second-order valence-electron chi connectivity index (χ2n) is 5.82. The third-order valence-corrected chi connectivity index (χ3v) is 4.16. The van der Waals surface area contributed by atoms with Crippen LogP contribution in [0.2, 0.25) is 0 Å². The first kappa shape index (κ1) is 15.6. The predicted molar refractivity (Wildman–Crippen MR) is 87.4 cm³/mol. The van der Waals surface area contributed by atoms with Crippen molar-refractivity contribution in [3.8, 4) is 5.75 Å². The predicted octanol–water partition coefficient (Wildman–Crippen LogP) is 1.39. The first-order valence-corrected chi connectivity index (χ1v) is 7.79. The van der Waals surface area contributed by atoms with Gasteiger partial charge >= 0.3 is 0 Å². The molecule has 6 nitrogen and oxygen atoms in total. The van der Waals surface area contributed by atoms with Gasteiger partial charge in [0.1, 0.15) is 5.75 Å². The van der Waals surface area contributed by atoms with Crippen LogP contribution in [0.25, 0.3) is 0 Å². The highest BCUT2D eigenvalue weighted by atomic mass is 16.5. The highest BCUT2D eigenvalue weighted by Crippen LogP contribution is 2.15. The summed E-state index contributed by atoms with van der Waals surface area (Å²) in [5.74, 6) is 0.858. The number of aromatic nitrogens is 2. The van der Waals surface area contributed by atoms with Crippen LogP contribution in [-0.2, 0) is 13.6 Å². The molecule has 1 fully saturated rings. The van der Waals surface area contributed by atoms with Crippen LogP contribution in [0.4, 0.5) is 0 Å². The largest absolute Gasteiger partial charge is 0.497 e. The number of piperazine rings is 1. The monoisotopic (exact) mass is 314 g/mol. The molecule has 1 aliphatic heterocycles. The lowest BCUT2D eigenvalue weighted by molar-refractivity contribution is 0.0628. The van der Waals surface area contributed by atoms with Gasteiger partial charge < -0.3 is 9.64 Å². The van der Waals surface area contributed by atoms with Crippen molar-refractivity contribution in [2.45, 2.75) is 6.54 Å². The fraction of sp³-hybridized carbons (Fsp3) is 0.412. The van der Waals surface area contributed by atoms with Gasteiger partial charge in [0.15, 0.2) is 0 Å². The minimum atomic E-state index is 0.0914. The Bertz CT molecular complexity index is 657. The summed E-state index contributed by atoms with van der Waals surface area (Å²) < 4.78 is 6.95. The van der Waals surface area contributed by atoms with E-state index in [1.807, 2.05) is 53.3 Å². The number of methoxy groups -OCH3 is 1. The van der Waals surface area contributed by atoms with E-state index in [0.717, 1.165) is 38.5 Å². The Morgan fingerprint density at radius 1 is 1.17 bits per heavy atom. The lowest BCUT2D eigenvalue weighted by Gasteiger charge is -2.34. The van der Waals surface area contributed by atoms with Crippen molar-refractivity contribution in [3.05, 3.63) is 47.8 Å². The van der Waals surface area contributed by atoms with Crippen molar-refractivity contribution in [1.82, 2.24) is 19.6 Å². The molecule has 2 aromatic rings. The first-order valence-electron chi connectivity index (χ1n) is 7.79. The quantitative estimate of drug-likeness (QED) is 0.856. The van der Waals surface area contributed by atoms with E-state index >= 15 is 0 Å². The van der Waals surface area contributed by atoms with Crippen molar-refractivity contribution in [3.63, 3.8) is 0 Å². The average Bonchev–Trinajstić information content (AvgIpc) is 3.00. The summed E-state index contributed by atoms with van der Waals surface area (Å²) in [5, 5.41) is 4.19. The lowest BCUT2D eigenvalue weighted by atomic mass is 10.1. The van der Waals surface area contributed by atoms with Gasteiger partial charge in [-0.15, -0.1) is 0 Å². The average molecular weight is 314 g/mol.